The van der Waals surface area contributed by atoms with E-state index in [9.17, 15) is 9.18 Å². The molecule has 1 amide bonds. The molecule has 0 unspecified atom stereocenters. The number of benzene rings is 1. The van der Waals surface area contributed by atoms with Crippen LogP contribution in [0.4, 0.5) is 9.52 Å². The molecular weight excluding hydrogens is 287 g/mol. The first-order valence-corrected chi connectivity index (χ1v) is 7.62. The minimum atomic E-state index is -0.238. The van der Waals surface area contributed by atoms with Crippen molar-refractivity contribution in [2.45, 2.75) is 33.6 Å². The molecule has 0 bridgehead atoms. The van der Waals surface area contributed by atoms with Crippen molar-refractivity contribution in [3.63, 3.8) is 0 Å². The van der Waals surface area contributed by atoms with Crippen molar-refractivity contribution in [1.82, 2.24) is 4.98 Å². The normalized spacial score (nSPS) is 11.4. The van der Waals surface area contributed by atoms with Gasteiger partial charge in [0.05, 0.1) is 0 Å². The Morgan fingerprint density at radius 2 is 1.95 bits per heavy atom. The van der Waals surface area contributed by atoms with Gasteiger partial charge in [-0.2, -0.15) is 0 Å². The van der Waals surface area contributed by atoms with Crippen LogP contribution in [0.15, 0.2) is 30.5 Å². The van der Waals surface area contributed by atoms with Crippen molar-refractivity contribution in [1.29, 1.82) is 0 Å². The van der Waals surface area contributed by atoms with Gasteiger partial charge in [-0.15, -0.1) is 11.3 Å². The van der Waals surface area contributed by atoms with Gasteiger partial charge in [0.25, 0.3) is 0 Å². The smallest absolute Gasteiger partial charge is 0.226 e. The molecular formula is C16H19FN2OS. The van der Waals surface area contributed by atoms with Gasteiger partial charge < -0.3 is 5.32 Å². The summed E-state index contributed by atoms with van der Waals surface area (Å²) in [6, 6.07) is 6.41. The molecule has 1 heterocycles. The summed E-state index contributed by atoms with van der Waals surface area (Å²) in [7, 11) is 0. The molecule has 0 aliphatic heterocycles. The van der Waals surface area contributed by atoms with Gasteiger partial charge in [-0.3, -0.25) is 4.79 Å². The van der Waals surface area contributed by atoms with E-state index < -0.39 is 0 Å². The lowest BCUT2D eigenvalue weighted by atomic mass is 9.92. The average Bonchev–Trinajstić information content (AvgIpc) is 2.77. The predicted molar refractivity (Wildman–Crippen MR) is 84.0 cm³/mol. The highest BCUT2D eigenvalue weighted by Crippen LogP contribution is 2.23. The Labute approximate surface area is 128 Å². The second kappa shape index (κ2) is 6.35. The Hall–Kier alpha value is -1.75. The maximum atomic E-state index is 12.9. The number of aromatic nitrogens is 1. The molecule has 0 spiro atoms. The summed E-state index contributed by atoms with van der Waals surface area (Å²) in [4.78, 5) is 17.1. The van der Waals surface area contributed by atoms with Gasteiger partial charge in [-0.25, -0.2) is 9.37 Å². The first-order chi connectivity index (χ1) is 9.82. The highest BCUT2D eigenvalue weighted by Gasteiger charge is 2.16. The summed E-state index contributed by atoms with van der Waals surface area (Å²) in [6.07, 6.45) is 2.90. The summed E-state index contributed by atoms with van der Waals surface area (Å²) in [5.41, 5.74) is 0.978. The lowest BCUT2D eigenvalue weighted by Crippen LogP contribution is -2.19. The molecule has 2 rings (SSSR count). The van der Waals surface area contributed by atoms with E-state index in [1.165, 1.54) is 23.5 Å². The number of nitrogens with zero attached hydrogens (tertiary/aromatic N) is 1. The first-order valence-electron chi connectivity index (χ1n) is 6.81. The first kappa shape index (κ1) is 15.6. The van der Waals surface area contributed by atoms with Crippen molar-refractivity contribution in [3.05, 3.63) is 46.7 Å². The van der Waals surface area contributed by atoms with E-state index in [-0.39, 0.29) is 17.1 Å². The molecule has 1 aromatic carbocycles. The molecule has 21 heavy (non-hydrogen) atoms. The van der Waals surface area contributed by atoms with Crippen molar-refractivity contribution in [3.8, 4) is 0 Å². The van der Waals surface area contributed by atoms with E-state index in [4.69, 9.17) is 0 Å². The van der Waals surface area contributed by atoms with Crippen LogP contribution in [-0.4, -0.2) is 10.9 Å². The molecule has 112 valence electrons. The number of hydrogen-bond acceptors (Lipinski definition) is 3. The Morgan fingerprint density at radius 1 is 1.29 bits per heavy atom. The number of carbonyl (C=O) groups excluding carboxylic acids is 1. The third-order valence-electron chi connectivity index (χ3n) is 2.78. The summed E-state index contributed by atoms with van der Waals surface area (Å²) < 4.78 is 12.9. The Balaban J connectivity index is 1.95. The van der Waals surface area contributed by atoms with Crippen molar-refractivity contribution in [2.24, 2.45) is 5.41 Å². The fraction of sp³-hybridized carbons (Fsp3) is 0.375. The Morgan fingerprint density at radius 3 is 2.57 bits per heavy atom. The van der Waals surface area contributed by atoms with Crippen LogP contribution in [0.2, 0.25) is 0 Å². The van der Waals surface area contributed by atoms with Crippen LogP contribution in [0.25, 0.3) is 0 Å². The maximum Gasteiger partial charge on any atom is 0.226 e. The van der Waals surface area contributed by atoms with E-state index in [1.807, 2.05) is 20.8 Å². The molecule has 5 heteroatoms. The number of halogens is 1. The van der Waals surface area contributed by atoms with Gasteiger partial charge in [0.2, 0.25) is 5.91 Å². The van der Waals surface area contributed by atoms with Gasteiger partial charge in [0, 0.05) is 23.9 Å². The number of nitrogens with one attached hydrogen (secondary N) is 1. The van der Waals surface area contributed by atoms with Crippen LogP contribution >= 0.6 is 11.3 Å². The van der Waals surface area contributed by atoms with E-state index in [0.717, 1.165) is 10.4 Å². The molecule has 0 aliphatic carbocycles. The van der Waals surface area contributed by atoms with Crippen molar-refractivity contribution >= 4 is 22.4 Å². The molecule has 0 radical (unpaired) electrons. The molecule has 0 fully saturated rings. The number of hydrogen-bond donors (Lipinski definition) is 1. The zero-order valence-electron chi connectivity index (χ0n) is 12.4. The topological polar surface area (TPSA) is 42.0 Å². The zero-order chi connectivity index (χ0) is 15.5. The van der Waals surface area contributed by atoms with Gasteiger partial charge >= 0.3 is 0 Å². The zero-order valence-corrected chi connectivity index (χ0v) is 13.3. The Bertz CT molecular complexity index is 614. The number of rotatable bonds is 4. The van der Waals surface area contributed by atoms with Crippen LogP contribution in [-0.2, 0) is 11.2 Å². The predicted octanol–water partition coefficient (Wildman–Crippen LogP) is 4.25. The molecule has 0 aliphatic rings. The van der Waals surface area contributed by atoms with Crippen LogP contribution < -0.4 is 5.32 Å². The van der Waals surface area contributed by atoms with Crippen LogP contribution in [0, 0.1) is 11.2 Å². The van der Waals surface area contributed by atoms with E-state index in [1.54, 1.807) is 18.3 Å². The van der Waals surface area contributed by atoms with Crippen LogP contribution in [0.1, 0.15) is 37.6 Å². The van der Waals surface area contributed by atoms with E-state index in [0.29, 0.717) is 18.0 Å². The van der Waals surface area contributed by atoms with Crippen molar-refractivity contribution < 1.29 is 9.18 Å². The van der Waals surface area contributed by atoms with Crippen LogP contribution in [0.3, 0.4) is 0 Å². The summed E-state index contributed by atoms with van der Waals surface area (Å²) >= 11 is 1.45. The molecule has 1 N–H and O–H groups in total. The third kappa shape index (κ3) is 5.27. The van der Waals surface area contributed by atoms with Crippen LogP contribution in [0.5, 0.6) is 0 Å². The Kier molecular flexibility index (Phi) is 4.73. The number of anilines is 1. The van der Waals surface area contributed by atoms with Gasteiger partial charge in [0.1, 0.15) is 5.82 Å². The van der Waals surface area contributed by atoms with Gasteiger partial charge in [0.15, 0.2) is 5.13 Å². The average molecular weight is 306 g/mol. The standard InChI is InChI=1S/C16H19FN2OS/c1-16(2,3)9-14(20)19-15-18-10-13(21-15)8-11-4-6-12(17)7-5-11/h4-7,10H,8-9H2,1-3H3,(H,18,19,20). The summed E-state index contributed by atoms with van der Waals surface area (Å²) in [5, 5.41) is 3.43. The minimum Gasteiger partial charge on any atom is -0.302 e. The monoisotopic (exact) mass is 306 g/mol. The maximum absolute atomic E-state index is 12.9. The molecule has 0 saturated heterocycles. The lowest BCUT2D eigenvalue weighted by Gasteiger charge is -2.16. The minimum absolute atomic E-state index is 0.0230. The lowest BCUT2D eigenvalue weighted by molar-refractivity contribution is -0.117. The number of carbonyl (C=O) groups is 1. The SMILES string of the molecule is CC(C)(C)CC(=O)Nc1ncc(Cc2ccc(F)cc2)s1. The van der Waals surface area contributed by atoms with E-state index in [2.05, 4.69) is 10.3 Å². The second-order valence-electron chi connectivity index (χ2n) is 6.22. The fourth-order valence-electron chi connectivity index (χ4n) is 1.90. The molecule has 3 nitrogen and oxygen atoms in total. The molecule has 0 atom stereocenters. The molecule has 1 aromatic heterocycles. The second-order valence-corrected chi connectivity index (χ2v) is 7.34. The van der Waals surface area contributed by atoms with Gasteiger partial charge in [-0.1, -0.05) is 32.9 Å². The van der Waals surface area contributed by atoms with Crippen molar-refractivity contribution in [2.75, 3.05) is 5.32 Å². The number of thiazole rings is 1. The summed E-state index contributed by atoms with van der Waals surface area (Å²) in [5.74, 6) is -0.261. The highest BCUT2D eigenvalue weighted by molar-refractivity contribution is 7.15. The quantitative estimate of drug-likeness (QED) is 0.917. The largest absolute Gasteiger partial charge is 0.302 e. The summed E-state index contributed by atoms with van der Waals surface area (Å²) in [6.45, 7) is 6.07. The fourth-order valence-corrected chi connectivity index (χ4v) is 2.76. The highest BCUT2D eigenvalue weighted by atomic mass is 32.1. The van der Waals surface area contributed by atoms with E-state index >= 15 is 0 Å². The third-order valence-corrected chi connectivity index (χ3v) is 3.70. The molecule has 0 saturated carbocycles. The van der Waals surface area contributed by atoms with Gasteiger partial charge in [-0.05, 0) is 23.1 Å². The number of amides is 1. The molecule has 2 aromatic rings.